The Morgan fingerprint density at radius 3 is 3.20 bits per heavy atom. The number of β-lactam (4-membered cyclic amide) rings is 1. The molecule has 0 spiro atoms. The Bertz CT molecular complexity index is 206. The van der Waals surface area contributed by atoms with E-state index in [0.29, 0.717) is 16.7 Å². The molecule has 3 fully saturated rings. The van der Waals surface area contributed by atoms with Gasteiger partial charge in [0.1, 0.15) is 0 Å². The lowest BCUT2D eigenvalue weighted by atomic mass is 10.2. The summed E-state index contributed by atoms with van der Waals surface area (Å²) in [5, 5.41) is 1.93. The number of rotatable bonds is 0. The Hall–Kier alpha value is 0.170. The maximum atomic E-state index is 11.0. The standard InChI is InChI=1S/C6H7NOS2/c8-4-1-5-7(4)6-3(10-6)2-9-5/h3,5-6H,1-2H2/t3?,5-,6?/m0/s1. The third-order valence-electron chi connectivity index (χ3n) is 2.23. The fraction of sp³-hybridized carbons (Fsp3) is 0.833. The molecule has 3 atom stereocenters. The third kappa shape index (κ3) is 0.569. The molecule has 0 N–H and O–H groups in total. The summed E-state index contributed by atoms with van der Waals surface area (Å²) in [6, 6.07) is 0. The van der Waals surface area contributed by atoms with Crippen LogP contribution in [0.2, 0.25) is 0 Å². The van der Waals surface area contributed by atoms with E-state index in [9.17, 15) is 4.79 Å². The minimum absolute atomic E-state index is 0.372. The Morgan fingerprint density at radius 2 is 2.50 bits per heavy atom. The van der Waals surface area contributed by atoms with Gasteiger partial charge in [0.25, 0.3) is 0 Å². The molecule has 0 saturated carbocycles. The second-order valence-corrected chi connectivity index (χ2v) is 5.43. The first kappa shape index (κ1) is 5.77. The van der Waals surface area contributed by atoms with Crippen molar-refractivity contribution in [3.63, 3.8) is 0 Å². The number of carbonyl (C=O) groups excluding carboxylic acids is 1. The molecule has 2 unspecified atom stereocenters. The largest absolute Gasteiger partial charge is 0.317 e. The minimum Gasteiger partial charge on any atom is -0.317 e. The summed E-state index contributed by atoms with van der Waals surface area (Å²) in [6.45, 7) is 0. The van der Waals surface area contributed by atoms with E-state index in [1.165, 1.54) is 5.75 Å². The summed E-state index contributed by atoms with van der Waals surface area (Å²) in [5.41, 5.74) is 0. The van der Waals surface area contributed by atoms with Crippen LogP contribution in [0.1, 0.15) is 6.42 Å². The van der Waals surface area contributed by atoms with Crippen LogP contribution in [0.25, 0.3) is 0 Å². The van der Waals surface area contributed by atoms with E-state index >= 15 is 0 Å². The summed E-state index contributed by atoms with van der Waals surface area (Å²) in [6.07, 6.45) is 0.800. The van der Waals surface area contributed by atoms with E-state index in [0.717, 1.165) is 11.7 Å². The Kier molecular flexibility index (Phi) is 0.962. The maximum Gasteiger partial charge on any atom is 0.227 e. The molecule has 3 heterocycles. The molecule has 3 aliphatic rings. The molecule has 3 aliphatic heterocycles. The van der Waals surface area contributed by atoms with Crippen LogP contribution in [0, 0.1) is 0 Å². The van der Waals surface area contributed by atoms with Gasteiger partial charge in [-0.25, -0.2) is 0 Å². The third-order valence-corrected chi connectivity index (χ3v) is 5.07. The monoisotopic (exact) mass is 173 g/mol. The smallest absolute Gasteiger partial charge is 0.227 e. The van der Waals surface area contributed by atoms with E-state index < -0.39 is 0 Å². The molecule has 1 amide bonds. The lowest BCUT2D eigenvalue weighted by molar-refractivity contribution is -0.141. The summed E-state index contributed by atoms with van der Waals surface area (Å²) >= 11 is 3.90. The molecule has 0 aliphatic carbocycles. The lowest BCUT2D eigenvalue weighted by Crippen LogP contribution is -2.54. The lowest BCUT2D eigenvalue weighted by Gasteiger charge is -2.42. The van der Waals surface area contributed by atoms with Crippen LogP contribution < -0.4 is 0 Å². The summed E-state index contributed by atoms with van der Waals surface area (Å²) in [4.78, 5) is 13.1. The highest BCUT2D eigenvalue weighted by Crippen LogP contribution is 2.55. The van der Waals surface area contributed by atoms with Gasteiger partial charge in [0.15, 0.2) is 0 Å². The number of fused-ring (bicyclic) bond motifs is 3. The summed E-state index contributed by atoms with van der Waals surface area (Å²) < 4.78 is 0. The SMILES string of the molecule is O=C1C[C@@H]2SCC3SC3N12. The van der Waals surface area contributed by atoms with Crippen molar-refractivity contribution in [2.45, 2.75) is 22.4 Å². The van der Waals surface area contributed by atoms with Crippen molar-refractivity contribution in [1.29, 1.82) is 0 Å². The molecule has 54 valence electrons. The molecule has 10 heavy (non-hydrogen) atoms. The molecule has 2 nitrogen and oxygen atoms in total. The van der Waals surface area contributed by atoms with Crippen molar-refractivity contribution in [2.75, 3.05) is 5.75 Å². The Labute approximate surface area is 67.7 Å². The number of hydrogen-bond acceptors (Lipinski definition) is 3. The fourth-order valence-electron chi connectivity index (χ4n) is 1.55. The molecule has 0 aromatic rings. The Balaban J connectivity index is 1.87. The molecule has 0 aromatic carbocycles. The van der Waals surface area contributed by atoms with Crippen molar-refractivity contribution >= 4 is 29.4 Å². The first-order valence-corrected chi connectivity index (χ1v) is 5.43. The van der Waals surface area contributed by atoms with Crippen LogP contribution in [0.5, 0.6) is 0 Å². The second-order valence-electron chi connectivity index (χ2n) is 2.86. The van der Waals surface area contributed by atoms with Gasteiger partial charge in [0.2, 0.25) is 5.91 Å². The molecule has 0 bridgehead atoms. The van der Waals surface area contributed by atoms with Crippen molar-refractivity contribution < 1.29 is 4.79 Å². The highest BCUT2D eigenvalue weighted by Gasteiger charge is 2.56. The van der Waals surface area contributed by atoms with Crippen molar-refractivity contribution in [2.24, 2.45) is 0 Å². The molecule has 0 aromatic heterocycles. The number of carbonyl (C=O) groups is 1. The average molecular weight is 173 g/mol. The Morgan fingerprint density at radius 1 is 1.60 bits per heavy atom. The van der Waals surface area contributed by atoms with Gasteiger partial charge >= 0.3 is 0 Å². The summed E-state index contributed by atoms with van der Waals surface area (Å²) in [5.74, 6) is 1.64. The van der Waals surface area contributed by atoms with Gasteiger partial charge in [-0.15, -0.1) is 23.5 Å². The number of hydrogen-bond donors (Lipinski definition) is 0. The second kappa shape index (κ2) is 1.67. The van der Waals surface area contributed by atoms with Gasteiger partial charge < -0.3 is 4.90 Å². The van der Waals surface area contributed by atoms with Gasteiger partial charge in [0, 0.05) is 11.0 Å². The van der Waals surface area contributed by atoms with Gasteiger partial charge in [0.05, 0.1) is 17.2 Å². The van der Waals surface area contributed by atoms with Crippen molar-refractivity contribution in [3.8, 4) is 0 Å². The topological polar surface area (TPSA) is 20.3 Å². The van der Waals surface area contributed by atoms with Gasteiger partial charge in [-0.05, 0) is 0 Å². The van der Waals surface area contributed by atoms with Crippen molar-refractivity contribution in [3.05, 3.63) is 0 Å². The first-order valence-electron chi connectivity index (χ1n) is 3.44. The predicted octanol–water partition coefficient (Wildman–Crippen LogP) is 0.733. The predicted molar refractivity (Wildman–Crippen MR) is 42.9 cm³/mol. The molecule has 4 heteroatoms. The maximum absolute atomic E-state index is 11.0. The van der Waals surface area contributed by atoms with Crippen LogP contribution >= 0.6 is 23.5 Å². The number of amides is 1. The van der Waals surface area contributed by atoms with Gasteiger partial charge in [-0.1, -0.05) is 0 Å². The van der Waals surface area contributed by atoms with E-state index in [2.05, 4.69) is 4.90 Å². The van der Waals surface area contributed by atoms with Crippen LogP contribution in [-0.2, 0) is 4.79 Å². The molecular formula is C6H7NOS2. The van der Waals surface area contributed by atoms with Crippen LogP contribution in [0.4, 0.5) is 0 Å². The first-order chi connectivity index (χ1) is 4.86. The molecule has 3 rings (SSSR count). The van der Waals surface area contributed by atoms with E-state index in [1.54, 1.807) is 0 Å². The number of nitrogens with zero attached hydrogens (tertiary/aromatic N) is 1. The molecule has 3 saturated heterocycles. The van der Waals surface area contributed by atoms with Gasteiger partial charge in [-0.2, -0.15) is 0 Å². The zero-order valence-corrected chi connectivity index (χ0v) is 6.95. The average Bonchev–Trinajstić information content (AvgIpc) is 2.61. The highest BCUT2D eigenvalue weighted by molar-refractivity contribution is 8.10. The van der Waals surface area contributed by atoms with Crippen LogP contribution in [0.3, 0.4) is 0 Å². The zero-order valence-electron chi connectivity index (χ0n) is 5.32. The fourth-order valence-corrected chi connectivity index (χ4v) is 4.46. The minimum atomic E-state index is 0.372. The van der Waals surface area contributed by atoms with E-state index in [1.807, 2.05) is 23.5 Å². The summed E-state index contributed by atoms with van der Waals surface area (Å²) in [7, 11) is 0. The van der Waals surface area contributed by atoms with Crippen molar-refractivity contribution in [1.82, 2.24) is 4.90 Å². The number of thioether (sulfide) groups is 2. The van der Waals surface area contributed by atoms with Crippen LogP contribution in [-0.4, -0.2) is 32.6 Å². The van der Waals surface area contributed by atoms with Crippen LogP contribution in [0.15, 0.2) is 0 Å². The highest BCUT2D eigenvalue weighted by atomic mass is 32.2. The normalized spacial score (nSPS) is 49.4. The zero-order chi connectivity index (χ0) is 6.72. The quantitative estimate of drug-likeness (QED) is 0.398. The molecule has 0 radical (unpaired) electrons. The molecular weight excluding hydrogens is 166 g/mol. The van der Waals surface area contributed by atoms with Gasteiger partial charge in [-0.3, -0.25) is 4.79 Å². The van der Waals surface area contributed by atoms with E-state index in [-0.39, 0.29) is 0 Å². The van der Waals surface area contributed by atoms with E-state index in [4.69, 9.17) is 0 Å².